The van der Waals surface area contributed by atoms with Gasteiger partial charge in [-0.1, -0.05) is 88.8 Å². The molecule has 2 N–H and O–H groups in total. The number of hydrogen-bond donors (Lipinski definition) is 2. The molecule has 2 saturated carbocycles. The summed E-state index contributed by atoms with van der Waals surface area (Å²) in [6, 6.07) is 8.33. The quantitative estimate of drug-likeness (QED) is 0.376. The Kier molecular flexibility index (Phi) is 10.4. The predicted octanol–water partition coefficient (Wildman–Crippen LogP) is 7.46. The van der Waals surface area contributed by atoms with Crippen molar-refractivity contribution in [1.29, 1.82) is 0 Å². The van der Waals surface area contributed by atoms with Crippen molar-refractivity contribution in [3.05, 3.63) is 29.8 Å². The third kappa shape index (κ3) is 6.92. The van der Waals surface area contributed by atoms with Gasteiger partial charge in [-0.3, -0.25) is 4.79 Å². The SMILES string of the molecule is O=C(NCC[C@@H](O)C1(C2CCCCCCCC2)Cc2ccccc2O1)C1CSC(C2CCCCCCC2)C1. The van der Waals surface area contributed by atoms with Crippen LogP contribution in [0.15, 0.2) is 24.3 Å². The Morgan fingerprint density at radius 3 is 2.26 bits per heavy atom. The summed E-state index contributed by atoms with van der Waals surface area (Å²) >= 11 is 2.05. The van der Waals surface area contributed by atoms with Gasteiger partial charge in [-0.05, 0) is 56.1 Å². The molecular formula is C33H51NO3S. The Labute approximate surface area is 235 Å². The van der Waals surface area contributed by atoms with Crippen LogP contribution in [0.3, 0.4) is 0 Å². The number of carbonyl (C=O) groups is 1. The summed E-state index contributed by atoms with van der Waals surface area (Å²) in [6.45, 7) is 0.531. The lowest BCUT2D eigenvalue weighted by Crippen LogP contribution is -2.54. The molecule has 1 aromatic rings. The van der Waals surface area contributed by atoms with Crippen molar-refractivity contribution in [2.24, 2.45) is 17.8 Å². The number of hydrogen-bond acceptors (Lipinski definition) is 4. The van der Waals surface area contributed by atoms with Gasteiger partial charge in [-0.2, -0.15) is 11.8 Å². The molecule has 0 radical (unpaired) electrons. The van der Waals surface area contributed by atoms with Crippen LogP contribution in [0.1, 0.15) is 115 Å². The van der Waals surface area contributed by atoms with Crippen LogP contribution in [0, 0.1) is 17.8 Å². The van der Waals surface area contributed by atoms with Gasteiger partial charge in [0.05, 0.1) is 6.10 Å². The first-order chi connectivity index (χ1) is 18.7. The average Bonchev–Trinajstić information content (AvgIpc) is 3.56. The Balaban J connectivity index is 1.16. The van der Waals surface area contributed by atoms with Gasteiger partial charge < -0.3 is 15.2 Å². The maximum Gasteiger partial charge on any atom is 0.223 e. The summed E-state index contributed by atoms with van der Waals surface area (Å²) in [6.07, 6.45) is 21.3. The number of aliphatic hydroxyl groups is 1. The molecule has 0 bridgehead atoms. The van der Waals surface area contributed by atoms with E-state index in [9.17, 15) is 9.90 Å². The Morgan fingerprint density at radius 2 is 1.58 bits per heavy atom. The van der Waals surface area contributed by atoms with Crippen molar-refractivity contribution in [1.82, 2.24) is 5.32 Å². The smallest absolute Gasteiger partial charge is 0.223 e. The topological polar surface area (TPSA) is 58.6 Å². The predicted molar refractivity (Wildman–Crippen MR) is 158 cm³/mol. The lowest BCUT2D eigenvalue weighted by Gasteiger charge is -2.41. The Hall–Kier alpha value is -1.20. The highest BCUT2D eigenvalue weighted by atomic mass is 32.2. The maximum absolute atomic E-state index is 13.1. The van der Waals surface area contributed by atoms with E-state index in [0.29, 0.717) is 24.1 Å². The number of amides is 1. The summed E-state index contributed by atoms with van der Waals surface area (Å²) in [4.78, 5) is 13.1. The molecule has 5 rings (SSSR count). The number of ether oxygens (including phenoxy) is 1. The monoisotopic (exact) mass is 541 g/mol. The zero-order valence-corrected chi connectivity index (χ0v) is 24.3. The van der Waals surface area contributed by atoms with Gasteiger partial charge in [0.1, 0.15) is 11.4 Å². The van der Waals surface area contributed by atoms with E-state index in [1.54, 1.807) is 0 Å². The number of thioether (sulfide) groups is 1. The molecule has 38 heavy (non-hydrogen) atoms. The summed E-state index contributed by atoms with van der Waals surface area (Å²) in [5.41, 5.74) is 0.657. The van der Waals surface area contributed by atoms with E-state index < -0.39 is 11.7 Å². The summed E-state index contributed by atoms with van der Waals surface area (Å²) in [5, 5.41) is 15.6. The first-order valence-electron chi connectivity index (χ1n) is 16.0. The van der Waals surface area contributed by atoms with E-state index in [2.05, 4.69) is 23.5 Å². The van der Waals surface area contributed by atoms with Crippen LogP contribution in [0.25, 0.3) is 0 Å². The first-order valence-corrected chi connectivity index (χ1v) is 17.0. The summed E-state index contributed by atoms with van der Waals surface area (Å²) in [7, 11) is 0. The first kappa shape index (κ1) is 28.3. The Bertz CT molecular complexity index is 848. The van der Waals surface area contributed by atoms with Gasteiger partial charge in [0, 0.05) is 35.8 Å². The van der Waals surface area contributed by atoms with E-state index in [-0.39, 0.29) is 11.8 Å². The molecule has 1 saturated heterocycles. The van der Waals surface area contributed by atoms with Gasteiger partial charge in [0.2, 0.25) is 5.91 Å². The fraction of sp³-hybridized carbons (Fsp3) is 0.788. The van der Waals surface area contributed by atoms with E-state index in [1.165, 1.54) is 89.0 Å². The molecule has 2 aliphatic heterocycles. The number of aliphatic hydroxyl groups excluding tert-OH is 1. The van der Waals surface area contributed by atoms with Crippen LogP contribution in [0.4, 0.5) is 0 Å². The number of rotatable bonds is 7. The number of carbonyl (C=O) groups excluding carboxylic acids is 1. The van der Waals surface area contributed by atoms with E-state index in [4.69, 9.17) is 4.74 Å². The molecule has 0 aromatic heterocycles. The van der Waals surface area contributed by atoms with Gasteiger partial charge >= 0.3 is 0 Å². The molecule has 212 valence electrons. The van der Waals surface area contributed by atoms with E-state index in [0.717, 1.165) is 43.1 Å². The largest absolute Gasteiger partial charge is 0.484 e. The highest BCUT2D eigenvalue weighted by Gasteiger charge is 2.50. The van der Waals surface area contributed by atoms with E-state index >= 15 is 0 Å². The van der Waals surface area contributed by atoms with Crippen LogP contribution in [0.2, 0.25) is 0 Å². The van der Waals surface area contributed by atoms with Crippen molar-refractivity contribution >= 4 is 17.7 Å². The second-order valence-electron chi connectivity index (χ2n) is 12.7. The fourth-order valence-corrected chi connectivity index (χ4v) is 9.52. The highest BCUT2D eigenvalue weighted by Crippen LogP contribution is 2.46. The summed E-state index contributed by atoms with van der Waals surface area (Å²) in [5.74, 6) is 3.38. The lowest BCUT2D eigenvalue weighted by molar-refractivity contribution is -0.125. The maximum atomic E-state index is 13.1. The van der Waals surface area contributed by atoms with Crippen molar-refractivity contribution in [2.75, 3.05) is 12.3 Å². The van der Waals surface area contributed by atoms with Crippen molar-refractivity contribution in [3.8, 4) is 5.75 Å². The number of fused-ring (bicyclic) bond motifs is 1. The van der Waals surface area contributed by atoms with Gasteiger partial charge in [0.15, 0.2) is 0 Å². The standard InChI is InChI=1S/C33H51NO3S/c35-31(20-21-34-32(36)27-22-30(38-24-27)25-14-8-4-3-5-9-15-25)33(23-26-16-12-13-19-29(26)37-33)28-17-10-6-1-2-7-11-18-28/h12-13,16,19,25,27-28,30-31,35H,1-11,14-15,17-18,20-24H2,(H,34,36)/t27?,30?,31-,33?/m1/s1. The molecule has 4 atom stereocenters. The normalized spacial score (nSPS) is 30.7. The van der Waals surface area contributed by atoms with Gasteiger partial charge in [-0.25, -0.2) is 0 Å². The molecular weight excluding hydrogens is 490 g/mol. The van der Waals surface area contributed by atoms with Crippen molar-refractivity contribution in [3.63, 3.8) is 0 Å². The van der Waals surface area contributed by atoms with E-state index in [1.807, 2.05) is 17.8 Å². The zero-order chi connectivity index (χ0) is 26.2. The molecule has 2 heterocycles. The van der Waals surface area contributed by atoms with Crippen LogP contribution < -0.4 is 10.1 Å². The zero-order valence-electron chi connectivity index (χ0n) is 23.5. The highest BCUT2D eigenvalue weighted by molar-refractivity contribution is 8.00. The van der Waals surface area contributed by atoms with Crippen molar-refractivity contribution < 1.29 is 14.6 Å². The summed E-state index contributed by atoms with van der Waals surface area (Å²) < 4.78 is 6.72. The molecule has 5 heteroatoms. The van der Waals surface area contributed by atoms with Crippen LogP contribution in [0.5, 0.6) is 5.75 Å². The minimum absolute atomic E-state index is 0.128. The second-order valence-corrected chi connectivity index (χ2v) is 14.0. The number of nitrogens with one attached hydrogen (secondary N) is 1. The number of para-hydroxylation sites is 1. The third-order valence-electron chi connectivity index (χ3n) is 10.1. The van der Waals surface area contributed by atoms with Crippen molar-refractivity contribution in [2.45, 2.75) is 133 Å². The van der Waals surface area contributed by atoms with Crippen LogP contribution in [-0.2, 0) is 11.2 Å². The Morgan fingerprint density at radius 1 is 0.947 bits per heavy atom. The average molecular weight is 542 g/mol. The minimum atomic E-state index is -0.582. The minimum Gasteiger partial charge on any atom is -0.484 e. The molecule has 2 aliphatic carbocycles. The lowest BCUT2D eigenvalue weighted by atomic mass is 9.73. The molecule has 3 unspecified atom stereocenters. The second kappa shape index (κ2) is 13.9. The third-order valence-corrected chi connectivity index (χ3v) is 11.7. The molecule has 0 spiro atoms. The molecule has 1 amide bonds. The van der Waals surface area contributed by atoms with Gasteiger partial charge in [0.25, 0.3) is 0 Å². The molecule has 4 aliphatic rings. The molecule has 1 aromatic carbocycles. The number of benzene rings is 1. The van der Waals surface area contributed by atoms with Crippen LogP contribution >= 0.6 is 11.8 Å². The molecule has 3 fully saturated rings. The molecule has 4 nitrogen and oxygen atoms in total. The fourth-order valence-electron chi connectivity index (χ4n) is 7.84. The van der Waals surface area contributed by atoms with Gasteiger partial charge in [-0.15, -0.1) is 0 Å². The van der Waals surface area contributed by atoms with Crippen LogP contribution in [-0.4, -0.2) is 40.3 Å².